The van der Waals surface area contributed by atoms with E-state index in [9.17, 15) is 9.90 Å². The fourth-order valence-corrected chi connectivity index (χ4v) is 4.05. The highest BCUT2D eigenvalue weighted by atomic mass is 16.5. The fraction of sp³-hybridized carbons (Fsp3) is 0.588. The largest absolute Gasteiger partial charge is 0.494 e. The molecule has 0 spiro atoms. The summed E-state index contributed by atoms with van der Waals surface area (Å²) in [6, 6.07) is 7.63. The van der Waals surface area contributed by atoms with Gasteiger partial charge in [-0.1, -0.05) is 24.6 Å². The van der Waals surface area contributed by atoms with Crippen LogP contribution in [0, 0.1) is 11.8 Å². The van der Waals surface area contributed by atoms with E-state index in [2.05, 4.69) is 4.90 Å². The van der Waals surface area contributed by atoms with Gasteiger partial charge in [-0.15, -0.1) is 0 Å². The Morgan fingerprint density at radius 1 is 1.38 bits per heavy atom. The first kappa shape index (κ1) is 14.4. The Balaban J connectivity index is 1.79. The number of carboxylic acids is 1. The highest BCUT2D eigenvalue weighted by molar-refractivity contribution is 5.74. The number of aliphatic carboxylic acids is 1. The van der Waals surface area contributed by atoms with E-state index < -0.39 is 5.97 Å². The van der Waals surface area contributed by atoms with Gasteiger partial charge in [-0.25, -0.2) is 0 Å². The molecular formula is C17H23NO3. The Morgan fingerprint density at radius 3 is 2.95 bits per heavy atom. The van der Waals surface area contributed by atoms with Gasteiger partial charge in [0.05, 0.1) is 6.61 Å². The Morgan fingerprint density at radius 2 is 2.19 bits per heavy atom. The van der Waals surface area contributed by atoms with Crippen LogP contribution in [0.5, 0.6) is 5.75 Å². The molecule has 1 heterocycles. The van der Waals surface area contributed by atoms with Crippen LogP contribution in [0.4, 0.5) is 0 Å². The Bertz CT molecular complexity index is 517. The summed E-state index contributed by atoms with van der Waals surface area (Å²) in [5.41, 5.74) is 1.09. The molecule has 1 N–H and O–H groups in total. The molecule has 4 heteroatoms. The maximum absolute atomic E-state index is 11.7. The molecule has 0 aromatic heterocycles. The molecule has 114 valence electrons. The van der Waals surface area contributed by atoms with Crippen LogP contribution in [-0.4, -0.2) is 35.2 Å². The predicted molar refractivity (Wildman–Crippen MR) is 80.3 cm³/mol. The van der Waals surface area contributed by atoms with Gasteiger partial charge in [0.15, 0.2) is 0 Å². The summed E-state index contributed by atoms with van der Waals surface area (Å²) in [4.78, 5) is 13.8. The van der Waals surface area contributed by atoms with Crippen LogP contribution in [0.2, 0.25) is 0 Å². The van der Waals surface area contributed by atoms with E-state index in [0.29, 0.717) is 25.0 Å². The lowest BCUT2D eigenvalue weighted by Gasteiger charge is -2.25. The van der Waals surface area contributed by atoms with Gasteiger partial charge in [-0.3, -0.25) is 9.69 Å². The lowest BCUT2D eigenvalue weighted by Crippen LogP contribution is -2.39. The van der Waals surface area contributed by atoms with Crippen LogP contribution >= 0.6 is 0 Å². The van der Waals surface area contributed by atoms with E-state index >= 15 is 0 Å². The maximum atomic E-state index is 11.7. The number of para-hydroxylation sites is 1. The van der Waals surface area contributed by atoms with Crippen LogP contribution in [0.15, 0.2) is 24.3 Å². The van der Waals surface area contributed by atoms with Crippen molar-refractivity contribution >= 4 is 5.97 Å². The third kappa shape index (κ3) is 2.77. The van der Waals surface area contributed by atoms with E-state index in [4.69, 9.17) is 4.74 Å². The second-order valence-electron chi connectivity index (χ2n) is 6.11. The van der Waals surface area contributed by atoms with Gasteiger partial charge in [0.1, 0.15) is 11.8 Å². The monoisotopic (exact) mass is 289 g/mol. The minimum absolute atomic E-state index is 0.327. The molecule has 2 fully saturated rings. The smallest absolute Gasteiger partial charge is 0.321 e. The number of ether oxygens (including phenoxy) is 1. The molecular weight excluding hydrogens is 266 g/mol. The summed E-state index contributed by atoms with van der Waals surface area (Å²) in [6.45, 7) is 4.17. The number of benzene rings is 1. The fourth-order valence-electron chi connectivity index (χ4n) is 4.05. The van der Waals surface area contributed by atoms with Crippen molar-refractivity contribution in [3.05, 3.63) is 29.8 Å². The number of hydrogen-bond acceptors (Lipinski definition) is 3. The third-order valence-electron chi connectivity index (χ3n) is 4.88. The van der Waals surface area contributed by atoms with Gasteiger partial charge < -0.3 is 9.84 Å². The number of nitrogens with zero attached hydrogens (tertiary/aromatic N) is 1. The minimum Gasteiger partial charge on any atom is -0.494 e. The average molecular weight is 289 g/mol. The van der Waals surface area contributed by atoms with Crippen molar-refractivity contribution in [2.24, 2.45) is 11.8 Å². The van der Waals surface area contributed by atoms with Crippen LogP contribution in [0.1, 0.15) is 31.7 Å². The zero-order chi connectivity index (χ0) is 14.8. The number of likely N-dealkylation sites (tertiary alicyclic amines) is 1. The van der Waals surface area contributed by atoms with E-state index in [0.717, 1.165) is 24.3 Å². The Kier molecular flexibility index (Phi) is 4.15. The molecule has 1 aromatic rings. The minimum atomic E-state index is -0.668. The quantitative estimate of drug-likeness (QED) is 0.905. The van der Waals surface area contributed by atoms with E-state index in [1.807, 2.05) is 31.2 Å². The van der Waals surface area contributed by atoms with Gasteiger partial charge in [-0.2, -0.15) is 0 Å². The lowest BCUT2D eigenvalue weighted by molar-refractivity contribution is -0.143. The summed E-state index contributed by atoms with van der Waals surface area (Å²) < 4.78 is 5.66. The van der Waals surface area contributed by atoms with Crippen LogP contribution in [0.3, 0.4) is 0 Å². The van der Waals surface area contributed by atoms with Crippen molar-refractivity contribution in [3.8, 4) is 5.75 Å². The molecule has 2 aliphatic rings. The Labute approximate surface area is 125 Å². The molecule has 3 rings (SSSR count). The molecule has 1 aromatic carbocycles. The second kappa shape index (κ2) is 6.06. The maximum Gasteiger partial charge on any atom is 0.321 e. The molecule has 1 saturated carbocycles. The van der Waals surface area contributed by atoms with Crippen molar-refractivity contribution < 1.29 is 14.6 Å². The van der Waals surface area contributed by atoms with Crippen molar-refractivity contribution in [2.75, 3.05) is 13.2 Å². The molecule has 1 aliphatic carbocycles. The number of rotatable bonds is 5. The second-order valence-corrected chi connectivity index (χ2v) is 6.11. The van der Waals surface area contributed by atoms with Crippen molar-refractivity contribution in [2.45, 2.75) is 38.8 Å². The molecule has 3 atom stereocenters. The number of hydrogen-bond donors (Lipinski definition) is 1. The summed E-state index contributed by atoms with van der Waals surface area (Å²) in [6.07, 6.45) is 3.42. The highest BCUT2D eigenvalue weighted by Gasteiger charge is 2.47. The summed E-state index contributed by atoms with van der Waals surface area (Å²) in [7, 11) is 0. The number of fused-ring (bicyclic) bond motifs is 1. The standard InChI is InChI=1S/C17H23NO3/c1-2-21-15-9-4-3-6-13(15)11-18-10-12-7-5-8-14(12)16(18)17(19)20/h3-4,6,9,12,14,16H,2,5,7-8,10-11H2,1H3,(H,19,20). The van der Waals surface area contributed by atoms with Gasteiger partial charge in [0.2, 0.25) is 0 Å². The third-order valence-corrected chi connectivity index (χ3v) is 4.88. The van der Waals surface area contributed by atoms with Gasteiger partial charge in [0, 0.05) is 18.7 Å². The lowest BCUT2D eigenvalue weighted by atomic mass is 9.94. The topological polar surface area (TPSA) is 49.8 Å². The molecule has 0 radical (unpaired) electrons. The van der Waals surface area contributed by atoms with E-state index in [1.165, 1.54) is 12.8 Å². The first-order valence-electron chi connectivity index (χ1n) is 7.88. The first-order valence-corrected chi connectivity index (χ1v) is 7.88. The number of carboxylic acid groups (broad SMARTS) is 1. The van der Waals surface area contributed by atoms with Crippen LogP contribution < -0.4 is 4.74 Å². The molecule has 0 bridgehead atoms. The molecule has 1 aliphatic heterocycles. The Hall–Kier alpha value is -1.55. The SMILES string of the molecule is CCOc1ccccc1CN1CC2CCCC2C1C(=O)O. The average Bonchev–Trinajstić information content (AvgIpc) is 3.01. The van der Waals surface area contributed by atoms with E-state index in [-0.39, 0.29) is 6.04 Å². The first-order chi connectivity index (χ1) is 10.2. The normalized spacial score (nSPS) is 28.5. The van der Waals surface area contributed by atoms with Gasteiger partial charge >= 0.3 is 5.97 Å². The highest BCUT2D eigenvalue weighted by Crippen LogP contribution is 2.43. The van der Waals surface area contributed by atoms with Gasteiger partial charge in [-0.05, 0) is 37.7 Å². The molecule has 4 nitrogen and oxygen atoms in total. The van der Waals surface area contributed by atoms with Crippen molar-refractivity contribution in [3.63, 3.8) is 0 Å². The molecule has 0 amide bonds. The van der Waals surface area contributed by atoms with Crippen molar-refractivity contribution in [1.29, 1.82) is 0 Å². The summed E-state index contributed by atoms with van der Waals surface area (Å²) in [5, 5.41) is 9.61. The zero-order valence-electron chi connectivity index (χ0n) is 12.5. The van der Waals surface area contributed by atoms with Crippen LogP contribution in [-0.2, 0) is 11.3 Å². The van der Waals surface area contributed by atoms with E-state index in [1.54, 1.807) is 0 Å². The summed E-state index contributed by atoms with van der Waals surface area (Å²) in [5.74, 6) is 1.10. The van der Waals surface area contributed by atoms with Crippen molar-refractivity contribution in [1.82, 2.24) is 4.90 Å². The predicted octanol–water partition coefficient (Wildman–Crippen LogP) is 2.77. The zero-order valence-corrected chi connectivity index (χ0v) is 12.5. The molecule has 21 heavy (non-hydrogen) atoms. The molecule has 1 saturated heterocycles. The number of carbonyl (C=O) groups is 1. The van der Waals surface area contributed by atoms with Gasteiger partial charge in [0.25, 0.3) is 0 Å². The summed E-state index contributed by atoms with van der Waals surface area (Å²) >= 11 is 0. The van der Waals surface area contributed by atoms with Crippen LogP contribution in [0.25, 0.3) is 0 Å². The molecule has 3 unspecified atom stereocenters.